The van der Waals surface area contributed by atoms with Gasteiger partial charge in [-0.15, -0.1) is 0 Å². The summed E-state index contributed by atoms with van der Waals surface area (Å²) in [7, 11) is 3.19. The summed E-state index contributed by atoms with van der Waals surface area (Å²) in [5.41, 5.74) is 2.59. The number of hydrazone groups is 1. The molecule has 2 unspecified atom stereocenters. The second kappa shape index (κ2) is 12.8. The van der Waals surface area contributed by atoms with Gasteiger partial charge in [0.25, 0.3) is 5.91 Å². The summed E-state index contributed by atoms with van der Waals surface area (Å²) in [6, 6.07) is 12.7. The van der Waals surface area contributed by atoms with E-state index in [1.165, 1.54) is 0 Å². The van der Waals surface area contributed by atoms with Crippen LogP contribution < -0.4 is 14.2 Å². The van der Waals surface area contributed by atoms with Crippen molar-refractivity contribution in [1.82, 2.24) is 9.91 Å². The summed E-state index contributed by atoms with van der Waals surface area (Å²) in [5.74, 6) is 1.58. The summed E-state index contributed by atoms with van der Waals surface area (Å²) in [6.45, 7) is 5.41. The molecule has 38 heavy (non-hydrogen) atoms. The Bertz CT molecular complexity index is 1150. The van der Waals surface area contributed by atoms with E-state index in [2.05, 4.69) is 0 Å². The Morgan fingerprint density at radius 1 is 0.974 bits per heavy atom. The number of likely N-dealkylation sites (tertiary alicyclic amines) is 1. The molecule has 1 saturated heterocycles. The van der Waals surface area contributed by atoms with Crippen molar-refractivity contribution in [2.45, 2.75) is 51.6 Å². The quantitative estimate of drug-likeness (QED) is 0.431. The van der Waals surface area contributed by atoms with Crippen LogP contribution in [0.1, 0.15) is 56.7 Å². The fourth-order valence-electron chi connectivity index (χ4n) is 5.07. The molecule has 204 valence electrons. The van der Waals surface area contributed by atoms with Gasteiger partial charge in [-0.25, -0.2) is 5.01 Å². The fourth-order valence-corrected chi connectivity index (χ4v) is 5.07. The number of hydrogen-bond acceptors (Lipinski definition) is 8. The Balaban J connectivity index is 1.62. The minimum absolute atomic E-state index is 0.0969. The Morgan fingerprint density at radius 3 is 2.42 bits per heavy atom. The van der Waals surface area contributed by atoms with Crippen LogP contribution in [0.3, 0.4) is 0 Å². The average molecular weight is 524 g/mol. The molecule has 0 radical (unpaired) electrons. The molecule has 0 spiro atoms. The highest BCUT2D eigenvalue weighted by atomic mass is 16.5. The van der Waals surface area contributed by atoms with E-state index < -0.39 is 6.04 Å². The summed E-state index contributed by atoms with van der Waals surface area (Å²) in [5, 5.41) is 6.38. The van der Waals surface area contributed by atoms with E-state index in [9.17, 15) is 9.59 Å². The third-order valence-electron chi connectivity index (χ3n) is 6.97. The minimum Gasteiger partial charge on any atom is -0.494 e. The summed E-state index contributed by atoms with van der Waals surface area (Å²) in [6.07, 6.45) is 3.10. The van der Waals surface area contributed by atoms with Gasteiger partial charge in [-0.2, -0.15) is 5.10 Å². The van der Waals surface area contributed by atoms with Crippen molar-refractivity contribution >= 4 is 17.6 Å². The predicted molar refractivity (Wildman–Crippen MR) is 144 cm³/mol. The molecule has 9 heteroatoms. The number of ether oxygens (including phenoxy) is 4. The van der Waals surface area contributed by atoms with E-state index in [-0.39, 0.29) is 24.5 Å². The number of carbonyl (C=O) groups excluding carboxylic acids is 2. The maximum atomic E-state index is 13.7. The SMILES string of the molecule is CCOC(=O)C1CCCCN1CC(=O)N1N=C(c2ccc(OC)c(OC)c2)CC1c1ccc(OCC)cc1. The molecule has 4 rings (SSSR count). The first kappa shape index (κ1) is 27.4. The van der Waals surface area contributed by atoms with Crippen molar-refractivity contribution in [3.05, 3.63) is 53.6 Å². The van der Waals surface area contributed by atoms with Gasteiger partial charge in [0.1, 0.15) is 11.8 Å². The van der Waals surface area contributed by atoms with Gasteiger partial charge in [-0.1, -0.05) is 18.6 Å². The Morgan fingerprint density at radius 2 is 1.74 bits per heavy atom. The van der Waals surface area contributed by atoms with Crippen molar-refractivity contribution in [3.63, 3.8) is 0 Å². The number of piperidine rings is 1. The van der Waals surface area contributed by atoms with Crippen molar-refractivity contribution in [1.29, 1.82) is 0 Å². The van der Waals surface area contributed by atoms with E-state index >= 15 is 0 Å². The van der Waals surface area contributed by atoms with Gasteiger partial charge in [0.05, 0.1) is 45.7 Å². The van der Waals surface area contributed by atoms with Gasteiger partial charge in [0.15, 0.2) is 11.5 Å². The lowest BCUT2D eigenvalue weighted by Gasteiger charge is -2.34. The van der Waals surface area contributed by atoms with Crippen LogP contribution in [0.4, 0.5) is 0 Å². The molecule has 2 heterocycles. The highest BCUT2D eigenvalue weighted by Crippen LogP contribution is 2.36. The zero-order valence-corrected chi connectivity index (χ0v) is 22.6. The van der Waals surface area contributed by atoms with Crippen LogP contribution in [0.5, 0.6) is 17.2 Å². The molecular formula is C29H37N3O6. The smallest absolute Gasteiger partial charge is 0.323 e. The maximum Gasteiger partial charge on any atom is 0.323 e. The van der Waals surface area contributed by atoms with Gasteiger partial charge >= 0.3 is 5.97 Å². The number of methoxy groups -OCH3 is 2. The zero-order valence-electron chi connectivity index (χ0n) is 22.6. The molecule has 0 aromatic heterocycles. The lowest BCUT2D eigenvalue weighted by Crippen LogP contribution is -2.49. The molecule has 0 aliphatic carbocycles. The average Bonchev–Trinajstić information content (AvgIpc) is 3.39. The fraction of sp³-hybridized carbons (Fsp3) is 0.483. The summed E-state index contributed by atoms with van der Waals surface area (Å²) < 4.78 is 21.8. The second-order valence-corrected chi connectivity index (χ2v) is 9.31. The van der Waals surface area contributed by atoms with Crippen LogP contribution in [0.2, 0.25) is 0 Å². The first-order valence-corrected chi connectivity index (χ1v) is 13.2. The third-order valence-corrected chi connectivity index (χ3v) is 6.97. The van der Waals surface area contributed by atoms with Gasteiger partial charge in [-0.05, 0) is 69.1 Å². The van der Waals surface area contributed by atoms with Crippen LogP contribution in [-0.4, -0.2) is 74.1 Å². The zero-order chi connectivity index (χ0) is 27.1. The lowest BCUT2D eigenvalue weighted by atomic mass is 9.98. The van der Waals surface area contributed by atoms with E-state index in [0.29, 0.717) is 44.1 Å². The number of nitrogens with zero attached hydrogens (tertiary/aromatic N) is 3. The molecule has 9 nitrogen and oxygen atoms in total. The number of carbonyl (C=O) groups is 2. The predicted octanol–water partition coefficient (Wildman–Crippen LogP) is 4.20. The minimum atomic E-state index is -0.409. The Labute approximate surface area is 224 Å². The topological polar surface area (TPSA) is 89.9 Å². The maximum absolute atomic E-state index is 13.7. The highest BCUT2D eigenvalue weighted by molar-refractivity contribution is 6.03. The van der Waals surface area contributed by atoms with Crippen molar-refractivity contribution in [3.8, 4) is 17.2 Å². The Kier molecular flexibility index (Phi) is 9.23. The van der Waals surface area contributed by atoms with Gasteiger partial charge in [-0.3, -0.25) is 14.5 Å². The molecule has 1 fully saturated rings. The van der Waals surface area contributed by atoms with E-state index in [0.717, 1.165) is 35.4 Å². The van der Waals surface area contributed by atoms with Crippen molar-refractivity contribution in [2.75, 3.05) is 40.5 Å². The molecule has 2 aromatic rings. The van der Waals surface area contributed by atoms with E-state index in [1.54, 1.807) is 26.2 Å². The first-order valence-electron chi connectivity index (χ1n) is 13.2. The molecular weight excluding hydrogens is 486 g/mol. The molecule has 0 saturated carbocycles. The Hall–Kier alpha value is -3.59. The van der Waals surface area contributed by atoms with Crippen LogP contribution in [0.25, 0.3) is 0 Å². The van der Waals surface area contributed by atoms with Gasteiger partial charge in [0, 0.05) is 12.0 Å². The van der Waals surface area contributed by atoms with E-state index in [4.69, 9.17) is 24.0 Å². The number of benzene rings is 2. The number of rotatable bonds is 10. The molecule has 0 N–H and O–H groups in total. The molecule has 2 atom stereocenters. The number of esters is 1. The molecule has 2 aromatic carbocycles. The second-order valence-electron chi connectivity index (χ2n) is 9.31. The molecule has 1 amide bonds. The highest BCUT2D eigenvalue weighted by Gasteiger charge is 2.37. The standard InChI is InChI=1S/C29H37N3O6/c1-5-37-22-13-10-20(11-14-22)25-18-23(21-12-15-26(35-3)27(17-21)36-4)30-32(25)28(33)19-31-16-8-7-9-24(31)29(34)38-6-2/h10-15,17,24-25H,5-9,16,18-19H2,1-4H3. The van der Waals surface area contributed by atoms with Crippen LogP contribution >= 0.6 is 0 Å². The molecule has 0 bridgehead atoms. The van der Waals surface area contributed by atoms with E-state index in [1.807, 2.05) is 54.3 Å². The first-order chi connectivity index (χ1) is 18.5. The lowest BCUT2D eigenvalue weighted by molar-refractivity contribution is -0.152. The van der Waals surface area contributed by atoms with Gasteiger partial charge in [0.2, 0.25) is 0 Å². The van der Waals surface area contributed by atoms with Crippen molar-refractivity contribution < 1.29 is 28.5 Å². The molecule has 2 aliphatic heterocycles. The largest absolute Gasteiger partial charge is 0.494 e. The van der Waals surface area contributed by atoms with Crippen LogP contribution in [0.15, 0.2) is 47.6 Å². The van der Waals surface area contributed by atoms with Crippen LogP contribution in [-0.2, 0) is 14.3 Å². The normalized spacial score (nSPS) is 19.6. The summed E-state index contributed by atoms with van der Waals surface area (Å²) >= 11 is 0. The third kappa shape index (κ3) is 6.10. The monoisotopic (exact) mass is 523 g/mol. The van der Waals surface area contributed by atoms with Crippen molar-refractivity contribution in [2.24, 2.45) is 5.10 Å². The summed E-state index contributed by atoms with van der Waals surface area (Å²) in [4.78, 5) is 28.3. The van der Waals surface area contributed by atoms with Gasteiger partial charge < -0.3 is 18.9 Å². The number of amides is 1. The molecule has 2 aliphatic rings. The number of hydrogen-bond donors (Lipinski definition) is 0. The van der Waals surface area contributed by atoms with Crippen LogP contribution in [0, 0.1) is 0 Å².